The van der Waals surface area contributed by atoms with Crippen molar-refractivity contribution in [2.75, 3.05) is 26.8 Å². The Kier molecular flexibility index (Phi) is 10.4. The van der Waals surface area contributed by atoms with Crippen molar-refractivity contribution in [1.82, 2.24) is 5.32 Å². The highest BCUT2D eigenvalue weighted by atomic mass is 16.5. The molecule has 0 spiro atoms. The molecule has 0 heterocycles. The fraction of sp³-hybridized carbons (Fsp3) is 0.800. The van der Waals surface area contributed by atoms with Gasteiger partial charge in [-0.3, -0.25) is 0 Å². The minimum absolute atomic E-state index is 0.829. The van der Waals surface area contributed by atoms with Crippen molar-refractivity contribution in [1.29, 1.82) is 0 Å². The topological polar surface area (TPSA) is 21.3 Å². The Hall–Kier alpha value is -0.340. The van der Waals surface area contributed by atoms with Gasteiger partial charge >= 0.3 is 0 Å². The summed E-state index contributed by atoms with van der Waals surface area (Å²) in [5.74, 6) is 0. The Labute approximate surface area is 76.0 Å². The second-order valence-corrected chi connectivity index (χ2v) is 2.85. The molecule has 12 heavy (non-hydrogen) atoms. The lowest BCUT2D eigenvalue weighted by atomic mass is 10.2. The zero-order valence-electron chi connectivity index (χ0n) is 8.14. The number of rotatable bonds is 9. The van der Waals surface area contributed by atoms with Gasteiger partial charge in [0.25, 0.3) is 0 Å². The summed E-state index contributed by atoms with van der Waals surface area (Å²) >= 11 is 0. The van der Waals surface area contributed by atoms with Crippen LogP contribution >= 0.6 is 0 Å². The molecular formula is C10H21NO. The van der Waals surface area contributed by atoms with Gasteiger partial charge < -0.3 is 10.1 Å². The summed E-state index contributed by atoms with van der Waals surface area (Å²) in [7, 11) is 1.99. The van der Waals surface area contributed by atoms with Gasteiger partial charge in [0.2, 0.25) is 0 Å². The van der Waals surface area contributed by atoms with E-state index >= 15 is 0 Å². The maximum absolute atomic E-state index is 5.36. The Bertz CT molecular complexity index is 93.8. The molecule has 0 aliphatic rings. The molecule has 0 saturated heterocycles. The average molecular weight is 171 g/mol. The smallest absolute Gasteiger partial charge is 0.0500 e. The van der Waals surface area contributed by atoms with Crippen LogP contribution in [-0.4, -0.2) is 26.8 Å². The van der Waals surface area contributed by atoms with Crippen molar-refractivity contribution in [2.45, 2.75) is 25.7 Å². The van der Waals surface area contributed by atoms with Crippen LogP contribution in [0.1, 0.15) is 25.7 Å². The van der Waals surface area contributed by atoms with Crippen molar-refractivity contribution < 1.29 is 4.74 Å². The lowest BCUT2D eigenvalue weighted by Gasteiger charge is -2.01. The van der Waals surface area contributed by atoms with Crippen LogP contribution < -0.4 is 5.32 Å². The van der Waals surface area contributed by atoms with Gasteiger partial charge in [-0.25, -0.2) is 0 Å². The Balaban J connectivity index is 2.77. The van der Waals surface area contributed by atoms with Crippen molar-refractivity contribution in [2.24, 2.45) is 0 Å². The molecule has 0 amide bonds. The molecule has 0 unspecified atom stereocenters. The molecule has 0 aromatic heterocycles. The summed E-state index contributed by atoms with van der Waals surface area (Å²) < 4.78 is 5.36. The first-order valence-corrected chi connectivity index (χ1v) is 4.75. The van der Waals surface area contributed by atoms with E-state index in [1.807, 2.05) is 13.1 Å². The van der Waals surface area contributed by atoms with E-state index in [0.29, 0.717) is 0 Å². The van der Waals surface area contributed by atoms with Crippen molar-refractivity contribution in [3.05, 3.63) is 12.7 Å². The van der Waals surface area contributed by atoms with Crippen LogP contribution in [0.3, 0.4) is 0 Å². The molecule has 0 rings (SSSR count). The zero-order chi connectivity index (χ0) is 9.07. The molecule has 0 aliphatic carbocycles. The predicted octanol–water partition coefficient (Wildman–Crippen LogP) is 1.97. The third-order valence-electron chi connectivity index (χ3n) is 1.68. The van der Waals surface area contributed by atoms with Crippen LogP contribution in [-0.2, 0) is 4.74 Å². The summed E-state index contributed by atoms with van der Waals surface area (Å²) in [6, 6.07) is 0. The zero-order valence-corrected chi connectivity index (χ0v) is 8.14. The van der Waals surface area contributed by atoms with E-state index in [9.17, 15) is 0 Å². The monoisotopic (exact) mass is 171 g/mol. The largest absolute Gasteiger partial charge is 0.381 e. The minimum atomic E-state index is 0.829. The Morgan fingerprint density at radius 1 is 1.25 bits per heavy atom. The molecular weight excluding hydrogens is 150 g/mol. The van der Waals surface area contributed by atoms with E-state index in [-0.39, 0.29) is 0 Å². The van der Waals surface area contributed by atoms with Gasteiger partial charge in [-0.05, 0) is 39.3 Å². The highest BCUT2D eigenvalue weighted by molar-refractivity contribution is 4.64. The lowest BCUT2D eigenvalue weighted by molar-refractivity contribution is 0.134. The maximum Gasteiger partial charge on any atom is 0.0500 e. The van der Waals surface area contributed by atoms with Gasteiger partial charge in [0.15, 0.2) is 0 Å². The van der Waals surface area contributed by atoms with Crippen LogP contribution in [0.4, 0.5) is 0 Å². The minimum Gasteiger partial charge on any atom is -0.381 e. The first-order valence-electron chi connectivity index (χ1n) is 4.75. The molecule has 0 bridgehead atoms. The number of ether oxygens (including phenoxy) is 1. The summed E-state index contributed by atoms with van der Waals surface area (Å²) in [5, 5.41) is 3.12. The third kappa shape index (κ3) is 9.66. The van der Waals surface area contributed by atoms with Crippen LogP contribution in [0, 0.1) is 0 Å². The molecule has 0 aromatic rings. The third-order valence-corrected chi connectivity index (χ3v) is 1.68. The van der Waals surface area contributed by atoms with Crippen molar-refractivity contribution in [3.63, 3.8) is 0 Å². The van der Waals surface area contributed by atoms with E-state index < -0.39 is 0 Å². The number of hydrogen-bond acceptors (Lipinski definition) is 2. The Morgan fingerprint density at radius 3 is 2.75 bits per heavy atom. The van der Waals surface area contributed by atoms with Gasteiger partial charge in [0, 0.05) is 13.2 Å². The van der Waals surface area contributed by atoms with E-state index in [2.05, 4.69) is 11.9 Å². The molecule has 0 atom stereocenters. The second kappa shape index (κ2) is 10.7. The molecule has 2 nitrogen and oxygen atoms in total. The average Bonchev–Trinajstić information content (AvgIpc) is 2.10. The van der Waals surface area contributed by atoms with Crippen molar-refractivity contribution in [3.8, 4) is 0 Å². The quantitative estimate of drug-likeness (QED) is 0.423. The normalized spacial score (nSPS) is 10.1. The van der Waals surface area contributed by atoms with Crippen LogP contribution in [0.25, 0.3) is 0 Å². The van der Waals surface area contributed by atoms with Crippen LogP contribution in [0.5, 0.6) is 0 Å². The molecule has 0 saturated carbocycles. The molecule has 72 valence electrons. The summed E-state index contributed by atoms with van der Waals surface area (Å²) in [5.41, 5.74) is 0. The fourth-order valence-corrected chi connectivity index (χ4v) is 0.951. The maximum atomic E-state index is 5.36. The highest BCUT2D eigenvalue weighted by Gasteiger charge is 1.88. The molecule has 0 aliphatic heterocycles. The molecule has 1 N–H and O–H groups in total. The summed E-state index contributed by atoms with van der Waals surface area (Å²) in [6.07, 6.45) is 6.55. The Morgan fingerprint density at radius 2 is 2.08 bits per heavy atom. The van der Waals surface area contributed by atoms with Gasteiger partial charge in [0.05, 0.1) is 0 Å². The van der Waals surface area contributed by atoms with Crippen molar-refractivity contribution >= 4 is 0 Å². The number of unbranched alkanes of at least 4 members (excludes halogenated alkanes) is 2. The van der Waals surface area contributed by atoms with Gasteiger partial charge in [-0.15, -0.1) is 6.58 Å². The summed E-state index contributed by atoms with van der Waals surface area (Å²) in [4.78, 5) is 0. The van der Waals surface area contributed by atoms with Gasteiger partial charge in [-0.2, -0.15) is 0 Å². The SMILES string of the molecule is C=CCCOCCCCCNC. The predicted molar refractivity (Wildman–Crippen MR) is 53.4 cm³/mol. The van der Waals surface area contributed by atoms with E-state index in [4.69, 9.17) is 4.74 Å². The van der Waals surface area contributed by atoms with Gasteiger partial charge in [0.1, 0.15) is 0 Å². The standard InChI is InChI=1S/C10H21NO/c1-3-4-9-12-10-7-5-6-8-11-2/h3,11H,1,4-10H2,2H3. The first-order chi connectivity index (χ1) is 5.91. The van der Waals surface area contributed by atoms with E-state index in [1.54, 1.807) is 0 Å². The lowest BCUT2D eigenvalue weighted by Crippen LogP contribution is -2.07. The molecule has 0 radical (unpaired) electrons. The van der Waals surface area contributed by atoms with E-state index in [1.165, 1.54) is 19.3 Å². The highest BCUT2D eigenvalue weighted by Crippen LogP contribution is 1.95. The fourth-order valence-electron chi connectivity index (χ4n) is 0.951. The van der Waals surface area contributed by atoms with Crippen LogP contribution in [0.15, 0.2) is 12.7 Å². The molecule has 0 aromatic carbocycles. The van der Waals surface area contributed by atoms with Gasteiger partial charge in [-0.1, -0.05) is 6.08 Å². The number of nitrogens with one attached hydrogen (secondary N) is 1. The second-order valence-electron chi connectivity index (χ2n) is 2.85. The first kappa shape index (κ1) is 11.7. The molecule has 0 fully saturated rings. The van der Waals surface area contributed by atoms with E-state index in [0.717, 1.165) is 26.2 Å². The number of hydrogen-bond donors (Lipinski definition) is 1. The molecule has 2 heteroatoms. The summed E-state index contributed by atoms with van der Waals surface area (Å²) in [6.45, 7) is 6.48. The van der Waals surface area contributed by atoms with Crippen LogP contribution in [0.2, 0.25) is 0 Å².